The lowest BCUT2D eigenvalue weighted by Crippen LogP contribution is -2.46. The minimum atomic E-state index is -0.566. The van der Waals surface area contributed by atoms with Crippen LogP contribution in [0.5, 0.6) is 0 Å². The van der Waals surface area contributed by atoms with Crippen LogP contribution >= 0.6 is 0 Å². The number of hydrogen-bond acceptors (Lipinski definition) is 6. The van der Waals surface area contributed by atoms with Gasteiger partial charge in [-0.1, -0.05) is 6.92 Å². The molecule has 2 N–H and O–H groups in total. The summed E-state index contributed by atoms with van der Waals surface area (Å²) in [4.78, 5) is 29.3. The predicted molar refractivity (Wildman–Crippen MR) is 96.2 cm³/mol. The van der Waals surface area contributed by atoms with Crippen molar-refractivity contribution in [3.05, 3.63) is 35.8 Å². The predicted octanol–water partition coefficient (Wildman–Crippen LogP) is 0.624. The number of imide groups is 1. The molecule has 26 heavy (non-hydrogen) atoms. The highest BCUT2D eigenvalue weighted by Gasteiger charge is 2.31. The third-order valence-corrected chi connectivity index (χ3v) is 4.74. The number of benzene rings is 1. The molecule has 0 bridgehead atoms. The molecule has 0 unspecified atom stereocenters. The first-order valence-corrected chi connectivity index (χ1v) is 8.75. The molecule has 0 radical (unpaired) electrons. The molecule has 2 aliphatic heterocycles. The van der Waals surface area contributed by atoms with Gasteiger partial charge in [-0.05, 0) is 24.7 Å². The number of halogens is 1. The number of amides is 2. The van der Waals surface area contributed by atoms with Gasteiger partial charge in [-0.25, -0.2) is 4.39 Å². The molecule has 0 atom stereocenters. The van der Waals surface area contributed by atoms with Crippen molar-refractivity contribution in [2.45, 2.75) is 6.92 Å². The Morgan fingerprint density at radius 1 is 1.19 bits per heavy atom. The summed E-state index contributed by atoms with van der Waals surface area (Å²) < 4.78 is 14.5. The van der Waals surface area contributed by atoms with Crippen LogP contribution in [0.25, 0.3) is 0 Å². The van der Waals surface area contributed by atoms with E-state index < -0.39 is 17.6 Å². The number of hydrogen-bond donors (Lipinski definition) is 2. The molecular formula is C18H23FN4O3. The average molecular weight is 362 g/mol. The fourth-order valence-corrected chi connectivity index (χ4v) is 3.18. The van der Waals surface area contributed by atoms with Crippen LogP contribution < -0.4 is 10.2 Å². The van der Waals surface area contributed by atoms with E-state index in [0.29, 0.717) is 0 Å². The number of piperazine rings is 1. The molecule has 3 rings (SSSR count). The van der Waals surface area contributed by atoms with E-state index in [4.69, 9.17) is 5.11 Å². The number of carbonyl (C=O) groups excluding carboxylic acids is 2. The van der Waals surface area contributed by atoms with Gasteiger partial charge in [0.1, 0.15) is 11.5 Å². The molecule has 140 valence electrons. The van der Waals surface area contributed by atoms with Crippen molar-refractivity contribution < 1.29 is 19.1 Å². The second kappa shape index (κ2) is 7.84. The highest BCUT2D eigenvalue weighted by molar-refractivity contribution is 6.17. The maximum atomic E-state index is 14.5. The van der Waals surface area contributed by atoms with Crippen molar-refractivity contribution in [3.63, 3.8) is 0 Å². The number of nitrogens with zero attached hydrogens (tertiary/aromatic N) is 3. The molecule has 1 aromatic rings. The van der Waals surface area contributed by atoms with Crippen LogP contribution in [0.15, 0.2) is 30.0 Å². The SMILES string of the molecule is CCN1CCN(c2ccc(NC3=CC(=O)N(CCO)C3=O)c(F)c2)CC1. The Morgan fingerprint density at radius 3 is 2.54 bits per heavy atom. The molecule has 8 heteroatoms. The number of anilines is 2. The highest BCUT2D eigenvalue weighted by atomic mass is 19.1. The van der Waals surface area contributed by atoms with E-state index in [1.54, 1.807) is 12.1 Å². The zero-order chi connectivity index (χ0) is 18.7. The molecule has 1 aromatic carbocycles. The largest absolute Gasteiger partial charge is 0.395 e. The summed E-state index contributed by atoms with van der Waals surface area (Å²) in [7, 11) is 0. The molecule has 0 saturated carbocycles. The lowest BCUT2D eigenvalue weighted by atomic mass is 10.2. The molecule has 7 nitrogen and oxygen atoms in total. The Kier molecular flexibility index (Phi) is 5.53. The van der Waals surface area contributed by atoms with Crippen LogP contribution in [0.2, 0.25) is 0 Å². The Morgan fingerprint density at radius 2 is 1.92 bits per heavy atom. The monoisotopic (exact) mass is 362 g/mol. The molecule has 2 aliphatic rings. The Bertz CT molecular complexity index is 729. The summed E-state index contributed by atoms with van der Waals surface area (Å²) in [5.74, 6) is -1.57. The quantitative estimate of drug-likeness (QED) is 0.723. The highest BCUT2D eigenvalue weighted by Crippen LogP contribution is 2.25. The Labute approximate surface area is 151 Å². The maximum absolute atomic E-state index is 14.5. The van der Waals surface area contributed by atoms with Gasteiger partial charge in [0.05, 0.1) is 18.8 Å². The van der Waals surface area contributed by atoms with Crippen molar-refractivity contribution in [2.75, 3.05) is 56.1 Å². The van der Waals surface area contributed by atoms with Crippen molar-refractivity contribution >= 4 is 23.2 Å². The summed E-state index contributed by atoms with van der Waals surface area (Å²) in [6.45, 7) is 6.33. The summed E-state index contributed by atoms with van der Waals surface area (Å²) in [6.07, 6.45) is 1.12. The number of carbonyl (C=O) groups is 2. The average Bonchev–Trinajstić information content (AvgIpc) is 2.91. The van der Waals surface area contributed by atoms with Gasteiger partial charge in [0.15, 0.2) is 0 Å². The molecule has 2 heterocycles. The first kappa shape index (κ1) is 18.3. The van der Waals surface area contributed by atoms with Gasteiger partial charge < -0.3 is 20.2 Å². The van der Waals surface area contributed by atoms with Crippen LogP contribution in [0.3, 0.4) is 0 Å². The smallest absolute Gasteiger partial charge is 0.277 e. The summed E-state index contributed by atoms with van der Waals surface area (Å²) >= 11 is 0. The second-order valence-corrected chi connectivity index (χ2v) is 6.29. The summed E-state index contributed by atoms with van der Waals surface area (Å²) in [6, 6.07) is 4.82. The number of nitrogens with one attached hydrogen (secondary N) is 1. The molecule has 1 saturated heterocycles. The normalized spacial score (nSPS) is 18.5. The van der Waals surface area contributed by atoms with Gasteiger partial charge in [0, 0.05) is 37.9 Å². The maximum Gasteiger partial charge on any atom is 0.277 e. The van der Waals surface area contributed by atoms with E-state index >= 15 is 0 Å². The zero-order valence-electron chi connectivity index (χ0n) is 14.7. The number of aliphatic hydroxyl groups is 1. The van der Waals surface area contributed by atoms with E-state index in [2.05, 4.69) is 22.0 Å². The Hall–Kier alpha value is -2.45. The number of β-amino-alcohol motifs (C(OH)–C–C–N with tert-alkyl or cyclic N) is 1. The number of aliphatic hydroxyl groups excluding tert-OH is 1. The van der Waals surface area contributed by atoms with Gasteiger partial charge in [-0.15, -0.1) is 0 Å². The van der Waals surface area contributed by atoms with Gasteiger partial charge in [-0.2, -0.15) is 0 Å². The lowest BCUT2D eigenvalue weighted by Gasteiger charge is -2.35. The molecule has 1 fully saturated rings. The Balaban J connectivity index is 1.68. The fourth-order valence-electron chi connectivity index (χ4n) is 3.18. The van der Waals surface area contributed by atoms with E-state index in [9.17, 15) is 14.0 Å². The molecule has 0 spiro atoms. The van der Waals surface area contributed by atoms with Crippen molar-refractivity contribution in [3.8, 4) is 0 Å². The molecule has 2 amide bonds. The molecular weight excluding hydrogens is 339 g/mol. The van der Waals surface area contributed by atoms with Crippen LogP contribution in [-0.2, 0) is 9.59 Å². The van der Waals surface area contributed by atoms with Crippen molar-refractivity contribution in [2.24, 2.45) is 0 Å². The number of rotatable bonds is 6. The third-order valence-electron chi connectivity index (χ3n) is 4.74. The topological polar surface area (TPSA) is 76.1 Å². The fraction of sp³-hybridized carbons (Fsp3) is 0.444. The van der Waals surface area contributed by atoms with Crippen molar-refractivity contribution in [1.82, 2.24) is 9.80 Å². The van der Waals surface area contributed by atoms with Crippen LogP contribution in [0.1, 0.15) is 6.92 Å². The van der Waals surface area contributed by atoms with E-state index in [-0.39, 0.29) is 24.5 Å². The van der Waals surface area contributed by atoms with Crippen LogP contribution in [-0.4, -0.2) is 72.6 Å². The molecule has 0 aromatic heterocycles. The first-order chi connectivity index (χ1) is 12.5. The third kappa shape index (κ3) is 3.71. The standard InChI is InChI=1S/C18H23FN4O3/c1-2-21-5-7-22(8-6-21)13-3-4-15(14(19)11-13)20-16-12-17(25)23(9-10-24)18(16)26/h3-4,11-12,20,24H,2,5-10H2,1H3. The zero-order valence-corrected chi connectivity index (χ0v) is 14.7. The minimum Gasteiger partial charge on any atom is -0.395 e. The van der Waals surface area contributed by atoms with Crippen LogP contribution in [0.4, 0.5) is 15.8 Å². The van der Waals surface area contributed by atoms with E-state index in [1.165, 1.54) is 6.07 Å². The van der Waals surface area contributed by atoms with Crippen molar-refractivity contribution in [1.29, 1.82) is 0 Å². The lowest BCUT2D eigenvalue weighted by molar-refractivity contribution is -0.137. The minimum absolute atomic E-state index is 0.00617. The van der Waals surface area contributed by atoms with E-state index in [0.717, 1.165) is 49.4 Å². The van der Waals surface area contributed by atoms with Crippen LogP contribution in [0, 0.1) is 5.82 Å². The van der Waals surface area contributed by atoms with Gasteiger partial charge in [0.2, 0.25) is 0 Å². The second-order valence-electron chi connectivity index (χ2n) is 6.29. The summed E-state index contributed by atoms with van der Waals surface area (Å²) in [5.41, 5.74) is 0.944. The van der Waals surface area contributed by atoms with E-state index in [1.807, 2.05) is 0 Å². The van der Waals surface area contributed by atoms with Gasteiger partial charge in [-0.3, -0.25) is 14.5 Å². The molecule has 0 aliphatic carbocycles. The first-order valence-electron chi connectivity index (χ1n) is 8.75. The van der Waals surface area contributed by atoms with Gasteiger partial charge in [0.25, 0.3) is 11.8 Å². The number of likely N-dealkylation sites (N-methyl/N-ethyl adjacent to an activating group) is 1. The van der Waals surface area contributed by atoms with Gasteiger partial charge >= 0.3 is 0 Å². The summed E-state index contributed by atoms with van der Waals surface area (Å²) in [5, 5.41) is 11.6.